The van der Waals surface area contributed by atoms with Crippen LogP contribution in [0.4, 0.5) is 0 Å². The van der Waals surface area contributed by atoms with E-state index >= 15 is 0 Å². The minimum absolute atomic E-state index is 0.572. The van der Waals surface area contributed by atoms with Crippen LogP contribution in [-0.4, -0.2) is 0 Å². The Bertz CT molecular complexity index is 419. The Balaban J connectivity index is 2.33. The topological polar surface area (TPSA) is 39.2 Å². The van der Waals surface area contributed by atoms with Gasteiger partial charge in [-0.25, -0.2) is 0 Å². The molecular weight excluding hydrogens is 242 g/mol. The van der Waals surface area contributed by atoms with E-state index in [9.17, 15) is 0 Å². The van der Waals surface area contributed by atoms with Gasteiger partial charge in [-0.3, -0.25) is 0 Å². The van der Waals surface area contributed by atoms with Gasteiger partial charge in [0.15, 0.2) is 4.67 Å². The molecule has 0 saturated carbocycles. The molecule has 0 spiro atoms. The summed E-state index contributed by atoms with van der Waals surface area (Å²) < 4.78 is 6.17. The molecule has 3 heteroatoms. The van der Waals surface area contributed by atoms with Gasteiger partial charge in [0, 0.05) is 12.1 Å². The molecule has 0 aliphatic rings. The lowest BCUT2D eigenvalue weighted by molar-refractivity contribution is 0.556. The summed E-state index contributed by atoms with van der Waals surface area (Å²) in [4.78, 5) is 0. The molecule has 0 amide bonds. The first-order chi connectivity index (χ1) is 6.79. The van der Waals surface area contributed by atoms with Crippen molar-refractivity contribution < 1.29 is 4.42 Å². The van der Waals surface area contributed by atoms with Gasteiger partial charge in [0.25, 0.3) is 0 Å². The number of rotatable bonds is 2. The summed E-state index contributed by atoms with van der Waals surface area (Å²) in [7, 11) is 0. The van der Waals surface area contributed by atoms with E-state index in [-0.39, 0.29) is 0 Å². The van der Waals surface area contributed by atoms with Gasteiger partial charge in [-0.05, 0) is 33.6 Å². The van der Waals surface area contributed by atoms with Crippen LogP contribution in [0, 0.1) is 0 Å². The van der Waals surface area contributed by atoms with Gasteiger partial charge in [0.2, 0.25) is 0 Å². The molecule has 2 nitrogen and oxygen atoms in total. The fourth-order valence-corrected chi connectivity index (χ4v) is 1.58. The van der Waals surface area contributed by atoms with E-state index in [1.807, 2.05) is 36.4 Å². The quantitative estimate of drug-likeness (QED) is 0.891. The molecule has 0 radical (unpaired) electrons. The molecule has 0 fully saturated rings. The highest BCUT2D eigenvalue weighted by Gasteiger charge is 2.02. The van der Waals surface area contributed by atoms with E-state index < -0.39 is 0 Å². The molecule has 2 aromatic rings. The van der Waals surface area contributed by atoms with Crippen LogP contribution in [0.15, 0.2) is 45.5 Å². The molecular formula is C11H10BrNO. The van der Waals surface area contributed by atoms with E-state index in [0.717, 1.165) is 21.6 Å². The Morgan fingerprint density at radius 2 is 1.79 bits per heavy atom. The fraction of sp³-hybridized carbons (Fsp3) is 0.0909. The summed E-state index contributed by atoms with van der Waals surface area (Å²) in [5.41, 5.74) is 7.70. The second-order valence-electron chi connectivity index (χ2n) is 3.00. The summed E-state index contributed by atoms with van der Waals surface area (Å²) in [5.74, 6) is 0.862. The van der Waals surface area contributed by atoms with Gasteiger partial charge in [-0.2, -0.15) is 0 Å². The highest BCUT2D eigenvalue weighted by molar-refractivity contribution is 9.10. The third-order valence-corrected chi connectivity index (χ3v) is 2.47. The lowest BCUT2D eigenvalue weighted by Gasteiger charge is -1.98. The van der Waals surface area contributed by atoms with Crippen molar-refractivity contribution in [3.8, 4) is 11.3 Å². The SMILES string of the molecule is NCc1ccc(-c2ccc(Br)o2)cc1. The fourth-order valence-electron chi connectivity index (χ4n) is 1.27. The Hall–Kier alpha value is -1.06. The summed E-state index contributed by atoms with van der Waals surface area (Å²) in [6, 6.07) is 11.8. The highest BCUT2D eigenvalue weighted by Crippen LogP contribution is 2.24. The number of halogens is 1. The van der Waals surface area contributed by atoms with E-state index in [0.29, 0.717) is 6.54 Å². The van der Waals surface area contributed by atoms with Crippen LogP contribution < -0.4 is 5.73 Å². The van der Waals surface area contributed by atoms with Crippen molar-refractivity contribution in [3.05, 3.63) is 46.6 Å². The zero-order valence-corrected chi connectivity index (χ0v) is 9.12. The monoisotopic (exact) mass is 251 g/mol. The molecule has 14 heavy (non-hydrogen) atoms. The lowest BCUT2D eigenvalue weighted by Crippen LogP contribution is -1.94. The van der Waals surface area contributed by atoms with E-state index in [2.05, 4.69) is 15.9 Å². The zero-order valence-electron chi connectivity index (χ0n) is 7.53. The maximum Gasteiger partial charge on any atom is 0.169 e. The minimum Gasteiger partial charge on any atom is -0.449 e. The first-order valence-corrected chi connectivity index (χ1v) is 5.13. The van der Waals surface area contributed by atoms with Crippen molar-refractivity contribution in [2.75, 3.05) is 0 Å². The molecule has 0 atom stereocenters. The minimum atomic E-state index is 0.572. The second-order valence-corrected chi connectivity index (χ2v) is 3.79. The van der Waals surface area contributed by atoms with Crippen molar-refractivity contribution in [2.24, 2.45) is 5.73 Å². The smallest absolute Gasteiger partial charge is 0.169 e. The molecule has 2 N–H and O–H groups in total. The Kier molecular flexibility index (Phi) is 2.70. The number of hydrogen-bond donors (Lipinski definition) is 1. The third-order valence-electron chi connectivity index (χ3n) is 2.05. The molecule has 72 valence electrons. The standard InChI is InChI=1S/C11H10BrNO/c12-11-6-5-10(14-11)9-3-1-8(7-13)2-4-9/h1-6H,7,13H2. The van der Waals surface area contributed by atoms with Gasteiger partial charge in [0.05, 0.1) is 0 Å². The molecule has 0 bridgehead atoms. The van der Waals surface area contributed by atoms with Crippen molar-refractivity contribution in [1.29, 1.82) is 0 Å². The van der Waals surface area contributed by atoms with Crippen molar-refractivity contribution >= 4 is 15.9 Å². The zero-order chi connectivity index (χ0) is 9.97. The second kappa shape index (κ2) is 3.98. The first-order valence-electron chi connectivity index (χ1n) is 4.34. The average molecular weight is 252 g/mol. The molecule has 2 rings (SSSR count). The largest absolute Gasteiger partial charge is 0.449 e. The average Bonchev–Trinajstić information content (AvgIpc) is 2.65. The summed E-state index contributed by atoms with van der Waals surface area (Å²) in [6.07, 6.45) is 0. The Labute approximate surface area is 90.9 Å². The van der Waals surface area contributed by atoms with Gasteiger partial charge >= 0.3 is 0 Å². The summed E-state index contributed by atoms with van der Waals surface area (Å²) >= 11 is 3.27. The first kappa shape index (κ1) is 9.49. The number of nitrogens with two attached hydrogens (primary N) is 1. The predicted molar refractivity (Wildman–Crippen MR) is 59.7 cm³/mol. The maximum atomic E-state index is 5.51. The summed E-state index contributed by atoms with van der Waals surface area (Å²) in [5, 5.41) is 0. The molecule has 1 heterocycles. The van der Waals surface area contributed by atoms with Crippen molar-refractivity contribution in [3.63, 3.8) is 0 Å². The van der Waals surface area contributed by atoms with Gasteiger partial charge in [-0.1, -0.05) is 24.3 Å². The predicted octanol–water partition coefficient (Wildman–Crippen LogP) is 3.17. The van der Waals surface area contributed by atoms with Crippen LogP contribution in [0.5, 0.6) is 0 Å². The summed E-state index contributed by atoms with van der Waals surface area (Å²) in [6.45, 7) is 0.572. The van der Waals surface area contributed by atoms with Crippen LogP contribution in [0.3, 0.4) is 0 Å². The molecule has 0 saturated heterocycles. The molecule has 0 aliphatic carbocycles. The number of furan rings is 1. The van der Waals surface area contributed by atoms with Gasteiger partial charge in [-0.15, -0.1) is 0 Å². The lowest BCUT2D eigenvalue weighted by atomic mass is 10.1. The van der Waals surface area contributed by atoms with Crippen LogP contribution in [0.1, 0.15) is 5.56 Å². The van der Waals surface area contributed by atoms with E-state index in [4.69, 9.17) is 10.2 Å². The third kappa shape index (κ3) is 1.89. The normalized spacial score (nSPS) is 10.4. The van der Waals surface area contributed by atoms with E-state index in [1.54, 1.807) is 0 Å². The number of benzene rings is 1. The van der Waals surface area contributed by atoms with Crippen LogP contribution >= 0.6 is 15.9 Å². The number of hydrogen-bond acceptors (Lipinski definition) is 2. The van der Waals surface area contributed by atoms with Crippen LogP contribution in [-0.2, 0) is 6.54 Å². The molecule has 0 unspecified atom stereocenters. The Morgan fingerprint density at radius 1 is 1.07 bits per heavy atom. The van der Waals surface area contributed by atoms with Crippen molar-refractivity contribution in [1.82, 2.24) is 0 Å². The van der Waals surface area contributed by atoms with Gasteiger partial charge in [0.1, 0.15) is 5.76 Å². The van der Waals surface area contributed by atoms with Gasteiger partial charge < -0.3 is 10.2 Å². The molecule has 0 aliphatic heterocycles. The van der Waals surface area contributed by atoms with E-state index in [1.165, 1.54) is 0 Å². The highest BCUT2D eigenvalue weighted by atomic mass is 79.9. The van der Waals surface area contributed by atoms with Crippen molar-refractivity contribution in [2.45, 2.75) is 6.54 Å². The van der Waals surface area contributed by atoms with Crippen LogP contribution in [0.2, 0.25) is 0 Å². The van der Waals surface area contributed by atoms with Crippen LogP contribution in [0.25, 0.3) is 11.3 Å². The maximum absolute atomic E-state index is 5.51. The molecule has 1 aromatic carbocycles. The molecule has 1 aromatic heterocycles. The Morgan fingerprint density at radius 3 is 2.29 bits per heavy atom.